The maximum absolute atomic E-state index is 13.2. The number of benzene rings is 2. The Morgan fingerprint density at radius 3 is 2.57 bits per heavy atom. The molecule has 0 saturated heterocycles. The van der Waals surface area contributed by atoms with Crippen LogP contribution < -0.4 is 10.6 Å². The summed E-state index contributed by atoms with van der Waals surface area (Å²) >= 11 is 0. The lowest BCUT2D eigenvalue weighted by molar-refractivity contribution is 0.625. The van der Waals surface area contributed by atoms with Gasteiger partial charge in [0.2, 0.25) is 0 Å². The van der Waals surface area contributed by atoms with E-state index in [0.29, 0.717) is 6.54 Å². The van der Waals surface area contributed by atoms with E-state index in [1.807, 2.05) is 20.0 Å². The number of anilines is 1. The van der Waals surface area contributed by atoms with Crippen molar-refractivity contribution in [3.8, 4) is 0 Å². The van der Waals surface area contributed by atoms with Crippen molar-refractivity contribution >= 4 is 5.69 Å². The second-order valence-electron chi connectivity index (χ2n) is 5.78. The molecule has 0 aromatic heterocycles. The second kappa shape index (κ2) is 6.72. The zero-order valence-electron chi connectivity index (χ0n) is 12.9. The van der Waals surface area contributed by atoms with Crippen molar-refractivity contribution in [2.24, 2.45) is 5.73 Å². The lowest BCUT2D eigenvalue weighted by Crippen LogP contribution is -2.19. The van der Waals surface area contributed by atoms with Crippen LogP contribution in [0.25, 0.3) is 0 Å². The van der Waals surface area contributed by atoms with Gasteiger partial charge < -0.3 is 10.6 Å². The molecule has 1 unspecified atom stereocenters. The minimum Gasteiger partial charge on any atom is -0.370 e. The lowest BCUT2D eigenvalue weighted by Gasteiger charge is -2.21. The standard InChI is InChI=1S/C18H23FN2/c1-13-9-18(8-7-16(13)10-14(2)20)21(3)12-15-5-4-6-17(19)11-15/h4-9,11,14H,10,12,20H2,1-3H3. The van der Waals surface area contributed by atoms with Crippen molar-refractivity contribution in [3.05, 3.63) is 65.0 Å². The van der Waals surface area contributed by atoms with Crippen molar-refractivity contribution in [1.82, 2.24) is 0 Å². The zero-order valence-corrected chi connectivity index (χ0v) is 12.9. The summed E-state index contributed by atoms with van der Waals surface area (Å²) in [6.07, 6.45) is 0.889. The molecule has 0 aliphatic heterocycles. The van der Waals surface area contributed by atoms with Gasteiger partial charge >= 0.3 is 0 Å². The molecule has 2 aromatic carbocycles. The largest absolute Gasteiger partial charge is 0.370 e. The minimum absolute atomic E-state index is 0.166. The predicted molar refractivity (Wildman–Crippen MR) is 87.0 cm³/mol. The maximum atomic E-state index is 13.2. The Morgan fingerprint density at radius 2 is 1.95 bits per heavy atom. The lowest BCUT2D eigenvalue weighted by atomic mass is 10.0. The van der Waals surface area contributed by atoms with Crippen molar-refractivity contribution in [2.75, 3.05) is 11.9 Å². The molecule has 2 nitrogen and oxygen atoms in total. The molecule has 0 aliphatic rings. The van der Waals surface area contributed by atoms with Gasteiger partial charge in [-0.1, -0.05) is 18.2 Å². The highest BCUT2D eigenvalue weighted by molar-refractivity contribution is 5.50. The molecule has 0 amide bonds. The van der Waals surface area contributed by atoms with Crippen LogP contribution in [0.3, 0.4) is 0 Å². The Hall–Kier alpha value is -1.87. The Balaban J connectivity index is 2.12. The van der Waals surface area contributed by atoms with Gasteiger partial charge in [-0.15, -0.1) is 0 Å². The van der Waals surface area contributed by atoms with E-state index in [1.165, 1.54) is 17.2 Å². The summed E-state index contributed by atoms with van der Waals surface area (Å²) in [5.41, 5.74) is 10.5. The summed E-state index contributed by atoms with van der Waals surface area (Å²) in [5, 5.41) is 0. The Labute approximate surface area is 126 Å². The second-order valence-corrected chi connectivity index (χ2v) is 5.78. The van der Waals surface area contributed by atoms with Gasteiger partial charge in [0, 0.05) is 25.3 Å². The molecule has 0 aliphatic carbocycles. The first-order chi connectivity index (χ1) is 9.95. The van der Waals surface area contributed by atoms with Gasteiger partial charge in [0.15, 0.2) is 0 Å². The first kappa shape index (κ1) is 15.5. The normalized spacial score (nSPS) is 12.2. The van der Waals surface area contributed by atoms with Crippen LogP contribution in [0.1, 0.15) is 23.6 Å². The van der Waals surface area contributed by atoms with Gasteiger partial charge in [-0.05, 0) is 61.2 Å². The molecule has 0 bridgehead atoms. The van der Waals surface area contributed by atoms with E-state index in [9.17, 15) is 4.39 Å². The van der Waals surface area contributed by atoms with Gasteiger partial charge in [-0.25, -0.2) is 4.39 Å². The molecule has 0 saturated carbocycles. The summed E-state index contributed by atoms with van der Waals surface area (Å²) in [6.45, 7) is 4.81. The minimum atomic E-state index is -0.190. The summed E-state index contributed by atoms with van der Waals surface area (Å²) in [7, 11) is 2.02. The molecule has 0 heterocycles. The molecule has 1 atom stereocenters. The van der Waals surface area contributed by atoms with E-state index in [-0.39, 0.29) is 11.9 Å². The average Bonchev–Trinajstić information content (AvgIpc) is 2.40. The number of rotatable bonds is 5. The maximum Gasteiger partial charge on any atom is 0.123 e. The monoisotopic (exact) mass is 286 g/mol. The fraction of sp³-hybridized carbons (Fsp3) is 0.333. The Kier molecular flexibility index (Phi) is 4.97. The van der Waals surface area contributed by atoms with E-state index in [2.05, 4.69) is 30.0 Å². The quantitative estimate of drug-likeness (QED) is 0.909. The molecule has 3 heteroatoms. The van der Waals surface area contributed by atoms with E-state index in [1.54, 1.807) is 12.1 Å². The van der Waals surface area contributed by atoms with Crippen LogP contribution in [-0.4, -0.2) is 13.1 Å². The van der Waals surface area contributed by atoms with Crippen LogP contribution in [-0.2, 0) is 13.0 Å². The molecular formula is C18H23FN2. The van der Waals surface area contributed by atoms with Crippen LogP contribution in [0, 0.1) is 12.7 Å². The van der Waals surface area contributed by atoms with Crippen molar-refractivity contribution in [2.45, 2.75) is 32.9 Å². The predicted octanol–water partition coefficient (Wildman–Crippen LogP) is 3.66. The van der Waals surface area contributed by atoms with Crippen molar-refractivity contribution in [1.29, 1.82) is 0 Å². The highest BCUT2D eigenvalue weighted by atomic mass is 19.1. The molecule has 2 N–H and O–H groups in total. The first-order valence-electron chi connectivity index (χ1n) is 7.26. The number of nitrogens with two attached hydrogens (primary N) is 1. The van der Waals surface area contributed by atoms with Crippen LogP contribution in [0.4, 0.5) is 10.1 Å². The molecule has 2 rings (SSSR count). The van der Waals surface area contributed by atoms with E-state index in [4.69, 9.17) is 5.73 Å². The van der Waals surface area contributed by atoms with Gasteiger partial charge in [-0.2, -0.15) is 0 Å². The number of hydrogen-bond donors (Lipinski definition) is 1. The number of hydrogen-bond acceptors (Lipinski definition) is 2. The van der Waals surface area contributed by atoms with Crippen LogP contribution in [0.5, 0.6) is 0 Å². The summed E-state index contributed by atoms with van der Waals surface area (Å²) in [4.78, 5) is 2.12. The van der Waals surface area contributed by atoms with Gasteiger partial charge in [0.25, 0.3) is 0 Å². The van der Waals surface area contributed by atoms with Gasteiger partial charge in [0.1, 0.15) is 5.82 Å². The highest BCUT2D eigenvalue weighted by Crippen LogP contribution is 2.21. The van der Waals surface area contributed by atoms with E-state index >= 15 is 0 Å². The Morgan fingerprint density at radius 1 is 1.19 bits per heavy atom. The smallest absolute Gasteiger partial charge is 0.123 e. The zero-order chi connectivity index (χ0) is 15.4. The third-order valence-corrected chi connectivity index (χ3v) is 3.62. The van der Waals surface area contributed by atoms with Crippen LogP contribution >= 0.6 is 0 Å². The van der Waals surface area contributed by atoms with Gasteiger partial charge in [-0.3, -0.25) is 0 Å². The third-order valence-electron chi connectivity index (χ3n) is 3.62. The molecule has 2 aromatic rings. The molecule has 0 spiro atoms. The first-order valence-corrected chi connectivity index (χ1v) is 7.26. The SMILES string of the molecule is Cc1cc(N(C)Cc2cccc(F)c2)ccc1CC(C)N. The molecule has 112 valence electrons. The number of aryl methyl sites for hydroxylation is 1. The van der Waals surface area contributed by atoms with Crippen molar-refractivity contribution < 1.29 is 4.39 Å². The van der Waals surface area contributed by atoms with Gasteiger partial charge in [0.05, 0.1) is 0 Å². The highest BCUT2D eigenvalue weighted by Gasteiger charge is 2.07. The number of halogens is 1. The third kappa shape index (κ3) is 4.30. The van der Waals surface area contributed by atoms with Crippen molar-refractivity contribution in [3.63, 3.8) is 0 Å². The summed E-state index contributed by atoms with van der Waals surface area (Å²) < 4.78 is 13.2. The average molecular weight is 286 g/mol. The van der Waals surface area contributed by atoms with Crippen LogP contribution in [0.15, 0.2) is 42.5 Å². The molecule has 0 radical (unpaired) electrons. The van der Waals surface area contributed by atoms with Crippen LogP contribution in [0.2, 0.25) is 0 Å². The topological polar surface area (TPSA) is 29.3 Å². The molecule has 0 fully saturated rings. The summed E-state index contributed by atoms with van der Waals surface area (Å²) in [6, 6.07) is 13.3. The fourth-order valence-corrected chi connectivity index (χ4v) is 2.49. The van der Waals surface area contributed by atoms with E-state index in [0.717, 1.165) is 17.7 Å². The molecular weight excluding hydrogens is 263 g/mol. The molecule has 21 heavy (non-hydrogen) atoms. The Bertz CT molecular complexity index is 608. The summed E-state index contributed by atoms with van der Waals surface area (Å²) in [5.74, 6) is -0.190. The number of nitrogens with zero attached hydrogens (tertiary/aromatic N) is 1. The fourth-order valence-electron chi connectivity index (χ4n) is 2.49. The van der Waals surface area contributed by atoms with E-state index < -0.39 is 0 Å².